The van der Waals surface area contributed by atoms with E-state index < -0.39 is 5.91 Å². The molecule has 96 valence electrons. The fourth-order valence-electron chi connectivity index (χ4n) is 1.12. The number of unbranched alkanes of at least 4 members (excludes halogenated alkanes) is 4. The van der Waals surface area contributed by atoms with E-state index in [0.717, 1.165) is 6.08 Å². The first-order valence-corrected chi connectivity index (χ1v) is 6.31. The van der Waals surface area contributed by atoms with Crippen LogP contribution in [0.1, 0.15) is 52.4 Å². The van der Waals surface area contributed by atoms with Gasteiger partial charge in [-0.25, -0.2) is 0 Å². The summed E-state index contributed by atoms with van der Waals surface area (Å²) in [6.45, 7) is 10.0. The van der Waals surface area contributed by atoms with Gasteiger partial charge in [0, 0.05) is 0 Å². The van der Waals surface area contributed by atoms with Crippen molar-refractivity contribution >= 4 is 5.91 Å². The molecule has 0 aromatic carbocycles. The molecule has 0 aliphatic carbocycles. The first-order chi connectivity index (χ1) is 7.68. The molecule has 3 heteroatoms. The van der Waals surface area contributed by atoms with Gasteiger partial charge in [0.15, 0.2) is 0 Å². The molecule has 0 aliphatic heterocycles. The van der Waals surface area contributed by atoms with Crippen LogP contribution in [0.15, 0.2) is 12.7 Å². The van der Waals surface area contributed by atoms with Crippen LogP contribution in [0.4, 0.5) is 0 Å². The number of hydrogen-bond donors (Lipinski definition) is 2. The van der Waals surface area contributed by atoms with Crippen LogP contribution in [0, 0.1) is 0 Å². The van der Waals surface area contributed by atoms with Gasteiger partial charge in [-0.05, 0) is 32.0 Å². The molecule has 0 aromatic heterocycles. The smallest absolute Gasteiger partial charge is 0.240 e. The SMILES string of the molecule is C=CC(N)=O.CCCCCNCCCCC. The number of rotatable bonds is 9. The summed E-state index contributed by atoms with van der Waals surface area (Å²) in [6, 6.07) is 0. The van der Waals surface area contributed by atoms with Crippen LogP contribution in [0.5, 0.6) is 0 Å². The minimum absolute atomic E-state index is 0.481. The maximum Gasteiger partial charge on any atom is 0.240 e. The van der Waals surface area contributed by atoms with E-state index in [1.165, 1.54) is 51.6 Å². The van der Waals surface area contributed by atoms with Crippen molar-refractivity contribution in [1.82, 2.24) is 5.32 Å². The second-order valence-electron chi connectivity index (χ2n) is 3.77. The van der Waals surface area contributed by atoms with E-state index in [2.05, 4.69) is 31.5 Å². The fourth-order valence-corrected chi connectivity index (χ4v) is 1.12. The highest BCUT2D eigenvalue weighted by Crippen LogP contribution is 1.93. The Morgan fingerprint density at radius 3 is 1.75 bits per heavy atom. The van der Waals surface area contributed by atoms with E-state index in [1.807, 2.05) is 0 Å². The van der Waals surface area contributed by atoms with Crippen molar-refractivity contribution in [3.8, 4) is 0 Å². The fraction of sp³-hybridized carbons (Fsp3) is 0.769. The van der Waals surface area contributed by atoms with Gasteiger partial charge in [0.2, 0.25) is 5.91 Å². The normalized spacial score (nSPS) is 9.12. The number of nitrogens with two attached hydrogens (primary N) is 1. The van der Waals surface area contributed by atoms with Crippen molar-refractivity contribution in [3.05, 3.63) is 12.7 Å². The van der Waals surface area contributed by atoms with Crippen molar-refractivity contribution in [2.24, 2.45) is 5.73 Å². The Morgan fingerprint density at radius 1 is 1.12 bits per heavy atom. The minimum Gasteiger partial charge on any atom is -0.366 e. The summed E-state index contributed by atoms with van der Waals surface area (Å²) in [7, 11) is 0. The number of carbonyl (C=O) groups is 1. The largest absolute Gasteiger partial charge is 0.366 e. The molecule has 0 bridgehead atoms. The van der Waals surface area contributed by atoms with Crippen molar-refractivity contribution in [1.29, 1.82) is 0 Å². The summed E-state index contributed by atoms with van der Waals surface area (Å²) in [5.41, 5.74) is 4.53. The lowest BCUT2D eigenvalue weighted by molar-refractivity contribution is -0.113. The lowest BCUT2D eigenvalue weighted by atomic mass is 10.2. The van der Waals surface area contributed by atoms with Crippen molar-refractivity contribution in [2.75, 3.05) is 13.1 Å². The van der Waals surface area contributed by atoms with Crippen LogP contribution in [-0.4, -0.2) is 19.0 Å². The van der Waals surface area contributed by atoms with E-state index in [9.17, 15) is 4.79 Å². The van der Waals surface area contributed by atoms with Crippen molar-refractivity contribution in [3.63, 3.8) is 0 Å². The Hall–Kier alpha value is -0.830. The molecular weight excluding hydrogens is 200 g/mol. The van der Waals surface area contributed by atoms with Crippen LogP contribution < -0.4 is 11.1 Å². The first kappa shape index (κ1) is 17.6. The highest BCUT2D eigenvalue weighted by molar-refractivity contribution is 5.84. The van der Waals surface area contributed by atoms with Gasteiger partial charge in [0.1, 0.15) is 0 Å². The molecule has 3 N–H and O–H groups in total. The topological polar surface area (TPSA) is 55.1 Å². The molecule has 0 spiro atoms. The summed E-state index contributed by atoms with van der Waals surface area (Å²) in [5.74, 6) is -0.481. The van der Waals surface area contributed by atoms with Gasteiger partial charge in [-0.3, -0.25) is 4.79 Å². The summed E-state index contributed by atoms with van der Waals surface area (Å²) >= 11 is 0. The molecule has 0 atom stereocenters. The molecule has 0 saturated carbocycles. The van der Waals surface area contributed by atoms with Gasteiger partial charge in [-0.1, -0.05) is 46.1 Å². The van der Waals surface area contributed by atoms with Crippen LogP contribution in [-0.2, 0) is 4.79 Å². The standard InChI is InChI=1S/C10H23N.C3H5NO/c1-3-5-7-9-11-10-8-6-4-2;1-2-3(4)5/h11H,3-10H2,1-2H3;2H,1H2,(H2,4,5). The Balaban J connectivity index is 0. The average Bonchev–Trinajstić information content (AvgIpc) is 2.29. The molecule has 0 heterocycles. The highest BCUT2D eigenvalue weighted by Gasteiger charge is 1.87. The second kappa shape index (κ2) is 16.6. The molecule has 0 fully saturated rings. The van der Waals surface area contributed by atoms with Crippen molar-refractivity contribution < 1.29 is 4.79 Å². The number of nitrogens with one attached hydrogen (secondary N) is 1. The average molecular weight is 228 g/mol. The van der Waals surface area contributed by atoms with Crippen LogP contribution in [0.3, 0.4) is 0 Å². The molecule has 3 nitrogen and oxygen atoms in total. The van der Waals surface area contributed by atoms with Crippen LogP contribution in [0.2, 0.25) is 0 Å². The van der Waals surface area contributed by atoms with E-state index in [0.29, 0.717) is 0 Å². The van der Waals surface area contributed by atoms with E-state index >= 15 is 0 Å². The lowest BCUT2D eigenvalue weighted by Crippen LogP contribution is -2.16. The zero-order valence-corrected chi connectivity index (χ0v) is 10.9. The van der Waals surface area contributed by atoms with E-state index in [-0.39, 0.29) is 0 Å². The van der Waals surface area contributed by atoms with E-state index in [4.69, 9.17) is 0 Å². The molecule has 16 heavy (non-hydrogen) atoms. The number of carbonyl (C=O) groups excluding carboxylic acids is 1. The predicted octanol–water partition coefficient (Wildman–Crippen LogP) is 2.61. The Morgan fingerprint density at radius 2 is 1.50 bits per heavy atom. The van der Waals surface area contributed by atoms with Gasteiger partial charge in [0.25, 0.3) is 0 Å². The quantitative estimate of drug-likeness (QED) is 0.471. The third-order valence-electron chi connectivity index (χ3n) is 2.12. The third kappa shape index (κ3) is 23.2. The summed E-state index contributed by atoms with van der Waals surface area (Å²) in [4.78, 5) is 9.47. The maximum absolute atomic E-state index is 9.47. The summed E-state index contributed by atoms with van der Waals surface area (Å²) in [5, 5.41) is 3.46. The third-order valence-corrected chi connectivity index (χ3v) is 2.12. The predicted molar refractivity (Wildman–Crippen MR) is 71.3 cm³/mol. The monoisotopic (exact) mass is 228 g/mol. The maximum atomic E-state index is 9.47. The van der Waals surface area contributed by atoms with Gasteiger partial charge >= 0.3 is 0 Å². The summed E-state index contributed by atoms with van der Waals surface area (Å²) in [6.07, 6.45) is 9.17. The minimum atomic E-state index is -0.481. The highest BCUT2D eigenvalue weighted by atomic mass is 16.1. The van der Waals surface area contributed by atoms with Gasteiger partial charge in [-0.2, -0.15) is 0 Å². The van der Waals surface area contributed by atoms with Crippen LogP contribution >= 0.6 is 0 Å². The molecule has 0 saturated heterocycles. The molecule has 0 rings (SSSR count). The Labute approximate surface area is 100 Å². The molecule has 1 amide bonds. The zero-order valence-electron chi connectivity index (χ0n) is 10.9. The Bertz CT molecular complexity index is 150. The van der Waals surface area contributed by atoms with Gasteiger partial charge in [-0.15, -0.1) is 0 Å². The molecule has 0 radical (unpaired) electrons. The zero-order chi connectivity index (χ0) is 12.6. The molecule has 0 aliphatic rings. The van der Waals surface area contributed by atoms with E-state index in [1.54, 1.807) is 0 Å². The second-order valence-corrected chi connectivity index (χ2v) is 3.77. The van der Waals surface area contributed by atoms with Gasteiger partial charge < -0.3 is 11.1 Å². The number of amides is 1. The Kier molecular flexibility index (Phi) is 18.2. The number of primary amides is 1. The molecular formula is C13H28N2O. The molecule has 0 unspecified atom stereocenters. The van der Waals surface area contributed by atoms with Crippen molar-refractivity contribution in [2.45, 2.75) is 52.4 Å². The number of hydrogen-bond acceptors (Lipinski definition) is 2. The summed E-state index contributed by atoms with van der Waals surface area (Å²) < 4.78 is 0. The lowest BCUT2D eigenvalue weighted by Gasteiger charge is -2.02. The van der Waals surface area contributed by atoms with Crippen LogP contribution in [0.25, 0.3) is 0 Å². The first-order valence-electron chi connectivity index (χ1n) is 6.31. The van der Waals surface area contributed by atoms with Gasteiger partial charge in [0.05, 0.1) is 0 Å². The molecule has 0 aromatic rings.